The van der Waals surface area contributed by atoms with Gasteiger partial charge in [-0.25, -0.2) is 0 Å². The predicted molar refractivity (Wildman–Crippen MR) is 62.7 cm³/mol. The van der Waals surface area contributed by atoms with Crippen LogP contribution in [-0.2, 0) is 0 Å². The van der Waals surface area contributed by atoms with E-state index in [2.05, 4.69) is 5.32 Å². The van der Waals surface area contributed by atoms with Crippen molar-refractivity contribution in [1.82, 2.24) is 0 Å². The quantitative estimate of drug-likeness (QED) is 0.762. The second kappa shape index (κ2) is 5.09. The molecular weight excluding hydrogens is 202 g/mol. The third-order valence-corrected chi connectivity index (χ3v) is 2.58. The molecule has 0 saturated heterocycles. The summed E-state index contributed by atoms with van der Waals surface area (Å²) >= 11 is 6.54. The van der Waals surface area contributed by atoms with Crippen LogP contribution in [0.2, 0.25) is 0 Å². The summed E-state index contributed by atoms with van der Waals surface area (Å²) in [5, 5.41) is 3.08. The molecule has 0 aromatic heterocycles. The first-order valence-corrected chi connectivity index (χ1v) is 5.38. The lowest BCUT2D eigenvalue weighted by Gasteiger charge is -2.06. The monoisotopic (exact) mass is 213 g/mol. The van der Waals surface area contributed by atoms with Gasteiger partial charge < -0.3 is 10.1 Å². The van der Waals surface area contributed by atoms with Gasteiger partial charge in [-0.1, -0.05) is 18.3 Å². The number of ether oxygens (including phenoxy) is 1. The number of hydrogen-bond acceptors (Lipinski definition) is 3. The zero-order valence-corrected chi connectivity index (χ0v) is 9.17. The van der Waals surface area contributed by atoms with Crippen molar-refractivity contribution in [3.05, 3.63) is 24.3 Å². The van der Waals surface area contributed by atoms with Gasteiger partial charge in [0.2, 0.25) is 0 Å². The number of thiocarbonyl (C=S) groups is 1. The third-order valence-electron chi connectivity index (χ3n) is 1.50. The van der Waals surface area contributed by atoms with E-state index in [0.717, 1.165) is 15.8 Å². The summed E-state index contributed by atoms with van der Waals surface area (Å²) in [7, 11) is 1.64. The van der Waals surface area contributed by atoms with Crippen LogP contribution >= 0.6 is 24.0 Å². The molecule has 0 atom stereocenters. The first kappa shape index (κ1) is 10.3. The molecular formula is C9H11NOS2. The summed E-state index contributed by atoms with van der Waals surface area (Å²) in [5.74, 6) is 0.828. The largest absolute Gasteiger partial charge is 0.497 e. The van der Waals surface area contributed by atoms with Crippen molar-refractivity contribution in [2.75, 3.05) is 18.7 Å². The zero-order chi connectivity index (χ0) is 9.68. The number of nitrogens with one attached hydrogen (secondary N) is 1. The highest BCUT2D eigenvalue weighted by Gasteiger charge is 1.96. The second-order valence-electron chi connectivity index (χ2n) is 2.35. The van der Waals surface area contributed by atoms with Crippen LogP contribution in [0.4, 0.5) is 5.69 Å². The highest BCUT2D eigenvalue weighted by Crippen LogP contribution is 2.17. The van der Waals surface area contributed by atoms with Crippen LogP contribution < -0.4 is 10.1 Å². The van der Waals surface area contributed by atoms with Crippen LogP contribution in [0.3, 0.4) is 0 Å². The molecule has 1 aromatic carbocycles. The van der Waals surface area contributed by atoms with Crippen LogP contribution in [0.1, 0.15) is 0 Å². The number of anilines is 1. The molecule has 2 nitrogen and oxygen atoms in total. The van der Waals surface area contributed by atoms with Crippen LogP contribution in [0.15, 0.2) is 24.3 Å². The van der Waals surface area contributed by atoms with Gasteiger partial charge >= 0.3 is 0 Å². The van der Waals surface area contributed by atoms with E-state index in [4.69, 9.17) is 17.0 Å². The van der Waals surface area contributed by atoms with E-state index in [-0.39, 0.29) is 0 Å². The lowest BCUT2D eigenvalue weighted by molar-refractivity contribution is 0.415. The summed E-state index contributed by atoms with van der Waals surface area (Å²) in [6, 6.07) is 7.67. The molecule has 4 heteroatoms. The SMILES string of the molecule is COc1cccc(NC(=S)SC)c1. The van der Waals surface area contributed by atoms with Gasteiger partial charge in [-0.05, 0) is 18.4 Å². The van der Waals surface area contributed by atoms with Gasteiger partial charge in [-0.3, -0.25) is 0 Å². The fraction of sp³-hybridized carbons (Fsp3) is 0.222. The van der Waals surface area contributed by atoms with Crippen LogP contribution in [0.5, 0.6) is 5.75 Å². The number of rotatable bonds is 2. The molecule has 1 N–H and O–H groups in total. The van der Waals surface area contributed by atoms with Crippen molar-refractivity contribution < 1.29 is 4.74 Å². The molecule has 0 saturated carbocycles. The van der Waals surface area contributed by atoms with Gasteiger partial charge in [-0.15, -0.1) is 11.8 Å². The molecule has 1 aromatic rings. The van der Waals surface area contributed by atoms with E-state index in [9.17, 15) is 0 Å². The van der Waals surface area contributed by atoms with E-state index < -0.39 is 0 Å². The average molecular weight is 213 g/mol. The molecule has 1 rings (SSSR count). The Hall–Kier alpha value is -0.740. The summed E-state index contributed by atoms with van der Waals surface area (Å²) in [4.78, 5) is 0. The average Bonchev–Trinajstić information content (AvgIpc) is 2.18. The van der Waals surface area contributed by atoms with Gasteiger partial charge in [0.05, 0.1) is 7.11 Å². The van der Waals surface area contributed by atoms with E-state index in [1.165, 1.54) is 11.8 Å². The maximum Gasteiger partial charge on any atom is 0.137 e. The Labute approximate surface area is 87.7 Å². The van der Waals surface area contributed by atoms with Crippen LogP contribution in [0, 0.1) is 0 Å². The van der Waals surface area contributed by atoms with E-state index in [1.54, 1.807) is 7.11 Å². The molecule has 0 amide bonds. The molecule has 0 aliphatic rings. The normalized spacial score (nSPS) is 9.38. The van der Waals surface area contributed by atoms with E-state index in [0.29, 0.717) is 0 Å². The molecule has 0 aliphatic heterocycles. The Morgan fingerprint density at radius 2 is 2.31 bits per heavy atom. The number of hydrogen-bond donors (Lipinski definition) is 1. The molecule has 0 fully saturated rings. The Kier molecular flexibility index (Phi) is 4.05. The minimum Gasteiger partial charge on any atom is -0.497 e. The Bertz CT molecular complexity index is 301. The van der Waals surface area contributed by atoms with E-state index in [1.807, 2.05) is 30.5 Å². The van der Waals surface area contributed by atoms with Crippen LogP contribution in [-0.4, -0.2) is 17.7 Å². The third kappa shape index (κ3) is 3.24. The van der Waals surface area contributed by atoms with Crippen molar-refractivity contribution in [3.8, 4) is 5.75 Å². The maximum atomic E-state index is 5.08. The molecule has 13 heavy (non-hydrogen) atoms. The van der Waals surface area contributed by atoms with Gasteiger partial charge in [-0.2, -0.15) is 0 Å². The molecule has 0 aliphatic carbocycles. The smallest absolute Gasteiger partial charge is 0.137 e. The summed E-state index contributed by atoms with van der Waals surface area (Å²) in [6.07, 6.45) is 1.94. The van der Waals surface area contributed by atoms with Crippen molar-refractivity contribution in [2.45, 2.75) is 0 Å². The fourth-order valence-corrected chi connectivity index (χ4v) is 1.21. The Morgan fingerprint density at radius 3 is 2.92 bits per heavy atom. The minimum absolute atomic E-state index is 0.758. The van der Waals surface area contributed by atoms with Gasteiger partial charge in [0.1, 0.15) is 10.1 Å². The van der Waals surface area contributed by atoms with Gasteiger partial charge in [0.15, 0.2) is 0 Å². The highest BCUT2D eigenvalue weighted by atomic mass is 32.2. The molecule has 0 radical (unpaired) electrons. The van der Waals surface area contributed by atoms with Crippen LogP contribution in [0.25, 0.3) is 0 Å². The topological polar surface area (TPSA) is 21.3 Å². The lowest BCUT2D eigenvalue weighted by atomic mass is 10.3. The summed E-state index contributed by atoms with van der Waals surface area (Å²) in [6.45, 7) is 0. The van der Waals surface area contributed by atoms with Gasteiger partial charge in [0, 0.05) is 11.8 Å². The fourth-order valence-electron chi connectivity index (χ4n) is 0.870. The standard InChI is InChI=1S/C9H11NOS2/c1-11-8-5-3-4-7(6-8)10-9(12)13-2/h3-6H,1-2H3,(H,10,12). The molecule has 0 unspecified atom stereocenters. The van der Waals surface area contributed by atoms with Crippen molar-refractivity contribution in [3.63, 3.8) is 0 Å². The minimum atomic E-state index is 0.758. The predicted octanol–water partition coefficient (Wildman–Crippen LogP) is 2.76. The molecule has 0 heterocycles. The Balaban J connectivity index is 2.71. The molecule has 0 spiro atoms. The van der Waals surface area contributed by atoms with Gasteiger partial charge in [0.25, 0.3) is 0 Å². The first-order valence-electron chi connectivity index (χ1n) is 3.75. The first-order chi connectivity index (χ1) is 6.26. The summed E-state index contributed by atoms with van der Waals surface area (Å²) < 4.78 is 5.84. The van der Waals surface area contributed by atoms with E-state index >= 15 is 0 Å². The number of benzene rings is 1. The van der Waals surface area contributed by atoms with Crippen molar-refractivity contribution >= 4 is 34.0 Å². The highest BCUT2D eigenvalue weighted by molar-refractivity contribution is 8.22. The number of methoxy groups -OCH3 is 1. The molecule has 70 valence electrons. The van der Waals surface area contributed by atoms with Crippen molar-refractivity contribution in [1.29, 1.82) is 0 Å². The number of thioether (sulfide) groups is 1. The zero-order valence-electron chi connectivity index (χ0n) is 7.53. The van der Waals surface area contributed by atoms with Crippen molar-refractivity contribution in [2.24, 2.45) is 0 Å². The second-order valence-corrected chi connectivity index (χ2v) is 3.83. The molecule has 0 bridgehead atoms. The lowest BCUT2D eigenvalue weighted by Crippen LogP contribution is -2.03. The maximum absolute atomic E-state index is 5.08. The Morgan fingerprint density at radius 1 is 1.54 bits per heavy atom. The summed E-state index contributed by atoms with van der Waals surface area (Å²) in [5.41, 5.74) is 0.957.